The van der Waals surface area contributed by atoms with Gasteiger partial charge in [0.1, 0.15) is 5.01 Å². The molecule has 1 N–H and O–H groups in total. The summed E-state index contributed by atoms with van der Waals surface area (Å²) >= 11 is 1.38. The number of thiazole rings is 1. The van der Waals surface area contributed by atoms with Crippen molar-refractivity contribution < 1.29 is 9.90 Å². The molecule has 0 saturated carbocycles. The molecule has 3 nitrogen and oxygen atoms in total. The van der Waals surface area contributed by atoms with Crippen molar-refractivity contribution in [3.63, 3.8) is 0 Å². The zero-order valence-electron chi connectivity index (χ0n) is 10.3. The molecule has 1 heterocycles. The molecule has 0 aliphatic rings. The Labute approximate surface area is 106 Å². The molecule has 0 bridgehead atoms. The van der Waals surface area contributed by atoms with Crippen LogP contribution in [0.15, 0.2) is 29.7 Å². The second-order valence-corrected chi connectivity index (χ2v) is 5.07. The Bertz CT molecular complexity index is 432. The normalized spacial score (nSPS) is 13.9. The number of aromatic carboxylic acids is 1. The fraction of sp³-hybridized carbons (Fsp3) is 0.385. The molecule has 0 saturated heterocycles. The van der Waals surface area contributed by atoms with Gasteiger partial charge in [-0.25, -0.2) is 9.78 Å². The summed E-state index contributed by atoms with van der Waals surface area (Å²) in [5, 5.41) is 11.2. The topological polar surface area (TPSA) is 50.2 Å². The van der Waals surface area contributed by atoms with Crippen molar-refractivity contribution in [1.82, 2.24) is 4.98 Å². The average Bonchev–Trinajstić information content (AvgIpc) is 2.73. The molecule has 0 fully saturated rings. The molecule has 0 amide bonds. The highest BCUT2D eigenvalue weighted by Gasteiger charge is 2.11. The van der Waals surface area contributed by atoms with Crippen molar-refractivity contribution in [2.75, 3.05) is 0 Å². The van der Waals surface area contributed by atoms with E-state index in [1.54, 1.807) is 5.38 Å². The Morgan fingerprint density at radius 1 is 1.35 bits per heavy atom. The Balaban J connectivity index is 2.63. The number of carboxylic acid groups (broad SMARTS) is 1. The van der Waals surface area contributed by atoms with Gasteiger partial charge in [0.25, 0.3) is 0 Å². The van der Waals surface area contributed by atoms with Gasteiger partial charge in [0, 0.05) is 11.3 Å². The standard InChI is InChI=1S/C13H17NO2S/c1-9(2)6-4-5-7-10(3)12-14-11(8-17-12)13(15)16/h4-10H,1-3H3,(H,15,16)/b6-4+,7-5+/t10-/m0/s1. The van der Waals surface area contributed by atoms with E-state index in [4.69, 9.17) is 5.11 Å². The maximum atomic E-state index is 10.7. The largest absolute Gasteiger partial charge is 0.476 e. The molecular weight excluding hydrogens is 234 g/mol. The number of aromatic nitrogens is 1. The summed E-state index contributed by atoms with van der Waals surface area (Å²) in [5.74, 6) is -0.290. The SMILES string of the molecule is CC(C)/C=C/C=C/[C@H](C)c1nc(C(=O)O)cs1. The lowest BCUT2D eigenvalue weighted by atomic mass is 10.1. The first-order chi connectivity index (χ1) is 8.00. The van der Waals surface area contributed by atoms with Crippen molar-refractivity contribution in [2.45, 2.75) is 26.7 Å². The molecular formula is C13H17NO2S. The third kappa shape index (κ3) is 4.53. The zero-order chi connectivity index (χ0) is 12.8. The lowest BCUT2D eigenvalue weighted by molar-refractivity contribution is 0.0691. The van der Waals surface area contributed by atoms with E-state index < -0.39 is 5.97 Å². The van der Waals surface area contributed by atoms with Gasteiger partial charge in [0.15, 0.2) is 5.69 Å². The number of carboxylic acids is 1. The predicted molar refractivity (Wildman–Crippen MR) is 70.6 cm³/mol. The molecule has 4 heteroatoms. The minimum Gasteiger partial charge on any atom is -0.476 e. The number of carbonyl (C=O) groups is 1. The molecule has 1 atom stereocenters. The van der Waals surface area contributed by atoms with E-state index in [9.17, 15) is 4.79 Å². The van der Waals surface area contributed by atoms with Gasteiger partial charge in [0.05, 0.1) is 0 Å². The third-order valence-electron chi connectivity index (χ3n) is 2.14. The first kappa shape index (κ1) is 13.6. The smallest absolute Gasteiger partial charge is 0.355 e. The molecule has 0 spiro atoms. The molecule has 1 rings (SSSR count). The number of allylic oxidation sites excluding steroid dienone is 4. The second kappa shape index (κ2) is 6.35. The summed E-state index contributed by atoms with van der Waals surface area (Å²) in [6.07, 6.45) is 8.11. The number of hydrogen-bond acceptors (Lipinski definition) is 3. The number of hydrogen-bond donors (Lipinski definition) is 1. The highest BCUT2D eigenvalue weighted by Crippen LogP contribution is 2.21. The van der Waals surface area contributed by atoms with E-state index in [2.05, 4.69) is 24.9 Å². The lowest BCUT2D eigenvalue weighted by Gasteiger charge is -1.99. The monoisotopic (exact) mass is 251 g/mol. The van der Waals surface area contributed by atoms with E-state index in [1.807, 2.05) is 25.2 Å². The van der Waals surface area contributed by atoms with Crippen LogP contribution in [0.4, 0.5) is 0 Å². The fourth-order valence-corrected chi connectivity index (χ4v) is 2.02. The molecule has 92 valence electrons. The van der Waals surface area contributed by atoms with Gasteiger partial charge in [-0.1, -0.05) is 45.1 Å². The van der Waals surface area contributed by atoms with E-state index in [0.717, 1.165) is 5.01 Å². The Morgan fingerprint density at radius 3 is 2.53 bits per heavy atom. The van der Waals surface area contributed by atoms with Crippen LogP contribution in [0.1, 0.15) is 42.2 Å². The molecule has 0 unspecified atom stereocenters. The maximum absolute atomic E-state index is 10.7. The molecule has 0 aliphatic heterocycles. The van der Waals surface area contributed by atoms with Gasteiger partial charge in [-0.2, -0.15) is 0 Å². The van der Waals surface area contributed by atoms with Crippen LogP contribution in [-0.2, 0) is 0 Å². The van der Waals surface area contributed by atoms with Crippen molar-refractivity contribution in [1.29, 1.82) is 0 Å². The Kier molecular flexibility index (Phi) is 5.10. The van der Waals surface area contributed by atoms with Crippen LogP contribution in [0.25, 0.3) is 0 Å². The van der Waals surface area contributed by atoms with Gasteiger partial charge in [0.2, 0.25) is 0 Å². The van der Waals surface area contributed by atoms with Gasteiger partial charge in [-0.3, -0.25) is 0 Å². The summed E-state index contributed by atoms with van der Waals surface area (Å²) in [4.78, 5) is 14.8. The molecule has 17 heavy (non-hydrogen) atoms. The van der Waals surface area contributed by atoms with Crippen LogP contribution in [0.3, 0.4) is 0 Å². The minimum absolute atomic E-state index is 0.128. The van der Waals surface area contributed by atoms with Crippen molar-refractivity contribution >= 4 is 17.3 Å². The minimum atomic E-state index is -0.969. The van der Waals surface area contributed by atoms with Crippen molar-refractivity contribution in [3.05, 3.63) is 40.4 Å². The molecule has 0 radical (unpaired) electrons. The van der Waals surface area contributed by atoms with Crippen LogP contribution in [0, 0.1) is 5.92 Å². The Morgan fingerprint density at radius 2 is 2.00 bits per heavy atom. The van der Waals surface area contributed by atoms with Crippen LogP contribution in [0.5, 0.6) is 0 Å². The van der Waals surface area contributed by atoms with Crippen LogP contribution in [-0.4, -0.2) is 16.1 Å². The first-order valence-corrected chi connectivity index (χ1v) is 6.42. The van der Waals surface area contributed by atoms with E-state index in [-0.39, 0.29) is 11.6 Å². The van der Waals surface area contributed by atoms with Crippen LogP contribution >= 0.6 is 11.3 Å². The average molecular weight is 251 g/mol. The van der Waals surface area contributed by atoms with Gasteiger partial charge >= 0.3 is 5.97 Å². The molecule has 0 aromatic carbocycles. The maximum Gasteiger partial charge on any atom is 0.355 e. The van der Waals surface area contributed by atoms with E-state index in [0.29, 0.717) is 5.92 Å². The first-order valence-electron chi connectivity index (χ1n) is 5.54. The Hall–Kier alpha value is -1.42. The van der Waals surface area contributed by atoms with Gasteiger partial charge in [-0.05, 0) is 5.92 Å². The lowest BCUT2D eigenvalue weighted by Crippen LogP contribution is -1.97. The van der Waals surface area contributed by atoms with E-state index >= 15 is 0 Å². The number of rotatable bonds is 5. The summed E-state index contributed by atoms with van der Waals surface area (Å²) in [6, 6.07) is 0. The third-order valence-corrected chi connectivity index (χ3v) is 3.18. The highest BCUT2D eigenvalue weighted by atomic mass is 32.1. The zero-order valence-corrected chi connectivity index (χ0v) is 11.1. The summed E-state index contributed by atoms with van der Waals surface area (Å²) in [7, 11) is 0. The summed E-state index contributed by atoms with van der Waals surface area (Å²) in [6.45, 7) is 6.24. The summed E-state index contributed by atoms with van der Waals surface area (Å²) < 4.78 is 0. The van der Waals surface area contributed by atoms with Gasteiger partial charge < -0.3 is 5.11 Å². The highest BCUT2D eigenvalue weighted by molar-refractivity contribution is 7.09. The quantitative estimate of drug-likeness (QED) is 0.811. The van der Waals surface area contributed by atoms with Crippen molar-refractivity contribution in [2.24, 2.45) is 5.92 Å². The molecule has 1 aromatic rings. The molecule has 0 aliphatic carbocycles. The second-order valence-electron chi connectivity index (χ2n) is 4.18. The number of nitrogens with zero attached hydrogens (tertiary/aromatic N) is 1. The molecule has 1 aromatic heterocycles. The summed E-state index contributed by atoms with van der Waals surface area (Å²) in [5.41, 5.74) is 0.128. The van der Waals surface area contributed by atoms with Crippen LogP contribution in [0.2, 0.25) is 0 Å². The van der Waals surface area contributed by atoms with Crippen molar-refractivity contribution in [3.8, 4) is 0 Å². The predicted octanol–water partition coefficient (Wildman–Crippen LogP) is 3.71. The van der Waals surface area contributed by atoms with E-state index in [1.165, 1.54) is 11.3 Å². The fourth-order valence-electron chi connectivity index (χ4n) is 1.19. The van der Waals surface area contributed by atoms with Gasteiger partial charge in [-0.15, -0.1) is 11.3 Å². The van der Waals surface area contributed by atoms with Crippen LogP contribution < -0.4 is 0 Å².